The number of hydrogen-bond acceptors (Lipinski definition) is 4. The SMILES string of the molecule is Cc1cccc(CNc2nc(C)cc(C(=O)NCCc3ccccc3F)n2)c1. The fourth-order valence-electron chi connectivity index (χ4n) is 2.87. The maximum absolute atomic E-state index is 13.7. The van der Waals surface area contributed by atoms with Gasteiger partial charge in [-0.2, -0.15) is 0 Å². The molecule has 1 heterocycles. The lowest BCUT2D eigenvalue weighted by molar-refractivity contribution is 0.0949. The number of benzene rings is 2. The zero-order valence-electron chi connectivity index (χ0n) is 16.0. The van der Waals surface area contributed by atoms with Crippen molar-refractivity contribution in [3.05, 3.63) is 88.5 Å². The summed E-state index contributed by atoms with van der Waals surface area (Å²) in [6.45, 7) is 4.75. The van der Waals surface area contributed by atoms with E-state index in [4.69, 9.17) is 0 Å². The summed E-state index contributed by atoms with van der Waals surface area (Å²) in [5, 5.41) is 5.95. The van der Waals surface area contributed by atoms with Crippen molar-refractivity contribution in [2.75, 3.05) is 11.9 Å². The first-order valence-electron chi connectivity index (χ1n) is 9.18. The highest BCUT2D eigenvalue weighted by Gasteiger charge is 2.11. The normalized spacial score (nSPS) is 10.5. The van der Waals surface area contributed by atoms with Gasteiger partial charge in [0.15, 0.2) is 0 Å². The molecule has 1 aromatic heterocycles. The lowest BCUT2D eigenvalue weighted by atomic mass is 10.1. The molecule has 0 saturated carbocycles. The Kier molecular flexibility index (Phi) is 6.32. The summed E-state index contributed by atoms with van der Waals surface area (Å²) in [7, 11) is 0. The fraction of sp³-hybridized carbons (Fsp3) is 0.227. The number of nitrogens with zero attached hydrogens (tertiary/aromatic N) is 2. The van der Waals surface area contributed by atoms with Crippen LogP contribution in [0.3, 0.4) is 0 Å². The summed E-state index contributed by atoms with van der Waals surface area (Å²) in [5.41, 5.74) is 3.84. The molecule has 3 aromatic rings. The Morgan fingerprint density at radius 1 is 1.04 bits per heavy atom. The quantitative estimate of drug-likeness (QED) is 0.656. The van der Waals surface area contributed by atoms with Crippen molar-refractivity contribution < 1.29 is 9.18 Å². The van der Waals surface area contributed by atoms with Gasteiger partial charge in [-0.25, -0.2) is 14.4 Å². The van der Waals surface area contributed by atoms with Crippen LogP contribution in [0.25, 0.3) is 0 Å². The largest absolute Gasteiger partial charge is 0.350 e. The van der Waals surface area contributed by atoms with Gasteiger partial charge in [0.2, 0.25) is 5.95 Å². The van der Waals surface area contributed by atoms with Gasteiger partial charge in [-0.15, -0.1) is 0 Å². The van der Waals surface area contributed by atoms with E-state index in [1.807, 2.05) is 32.0 Å². The minimum absolute atomic E-state index is 0.266. The van der Waals surface area contributed by atoms with Crippen LogP contribution < -0.4 is 10.6 Å². The van der Waals surface area contributed by atoms with Gasteiger partial charge in [-0.3, -0.25) is 4.79 Å². The van der Waals surface area contributed by atoms with Gasteiger partial charge in [0.25, 0.3) is 5.91 Å². The topological polar surface area (TPSA) is 66.9 Å². The van der Waals surface area contributed by atoms with Crippen LogP contribution in [0.2, 0.25) is 0 Å². The molecule has 0 atom stereocenters. The minimum atomic E-state index is -0.305. The van der Waals surface area contributed by atoms with Crippen molar-refractivity contribution >= 4 is 11.9 Å². The van der Waals surface area contributed by atoms with Crippen LogP contribution in [-0.4, -0.2) is 22.4 Å². The molecule has 0 fully saturated rings. The molecule has 3 rings (SSSR count). The molecule has 0 bridgehead atoms. The zero-order chi connectivity index (χ0) is 19.9. The number of amides is 1. The molecule has 144 valence electrons. The first kappa shape index (κ1) is 19.5. The van der Waals surface area contributed by atoms with Crippen molar-refractivity contribution in [1.82, 2.24) is 15.3 Å². The van der Waals surface area contributed by atoms with Gasteiger partial charge in [0.05, 0.1) is 0 Å². The Morgan fingerprint density at radius 2 is 1.86 bits per heavy atom. The fourth-order valence-corrected chi connectivity index (χ4v) is 2.87. The van der Waals surface area contributed by atoms with Crippen LogP contribution in [0.4, 0.5) is 10.3 Å². The molecule has 0 unspecified atom stereocenters. The first-order valence-corrected chi connectivity index (χ1v) is 9.18. The van der Waals surface area contributed by atoms with Crippen LogP contribution in [0.15, 0.2) is 54.6 Å². The third kappa shape index (κ3) is 5.36. The zero-order valence-corrected chi connectivity index (χ0v) is 16.0. The van der Waals surface area contributed by atoms with Crippen LogP contribution in [0, 0.1) is 19.7 Å². The first-order chi connectivity index (χ1) is 13.5. The molecule has 1 amide bonds. The van der Waals surface area contributed by atoms with E-state index in [1.165, 1.54) is 11.6 Å². The smallest absolute Gasteiger partial charge is 0.270 e. The molecule has 0 aliphatic carbocycles. The molecule has 0 radical (unpaired) electrons. The molecule has 6 heteroatoms. The predicted octanol–water partition coefficient (Wildman–Crippen LogP) is 3.82. The van der Waals surface area contributed by atoms with Gasteiger partial charge in [-0.05, 0) is 43.5 Å². The number of aromatic nitrogens is 2. The van der Waals surface area contributed by atoms with Gasteiger partial charge in [-0.1, -0.05) is 48.0 Å². The molecule has 0 aliphatic rings. The predicted molar refractivity (Wildman–Crippen MR) is 108 cm³/mol. The van der Waals surface area contributed by atoms with Crippen LogP contribution >= 0.6 is 0 Å². The van der Waals surface area contributed by atoms with E-state index in [0.717, 1.165) is 5.56 Å². The van der Waals surface area contributed by atoms with Crippen molar-refractivity contribution in [3.8, 4) is 0 Å². The summed E-state index contributed by atoms with van der Waals surface area (Å²) >= 11 is 0. The molecular formula is C22H23FN4O. The number of anilines is 1. The number of nitrogens with one attached hydrogen (secondary N) is 2. The lowest BCUT2D eigenvalue weighted by Crippen LogP contribution is -2.27. The molecule has 0 saturated heterocycles. The Labute approximate surface area is 164 Å². The maximum Gasteiger partial charge on any atom is 0.270 e. The average molecular weight is 378 g/mol. The molecule has 2 aromatic carbocycles. The second-order valence-corrected chi connectivity index (χ2v) is 6.66. The Hall–Kier alpha value is -3.28. The average Bonchev–Trinajstić information content (AvgIpc) is 2.67. The maximum atomic E-state index is 13.7. The highest BCUT2D eigenvalue weighted by atomic mass is 19.1. The van der Waals surface area contributed by atoms with E-state index in [1.54, 1.807) is 24.3 Å². The third-order valence-corrected chi connectivity index (χ3v) is 4.26. The van der Waals surface area contributed by atoms with Crippen LogP contribution in [-0.2, 0) is 13.0 Å². The Bertz CT molecular complexity index is 974. The number of carbonyl (C=O) groups is 1. The second-order valence-electron chi connectivity index (χ2n) is 6.66. The molecule has 28 heavy (non-hydrogen) atoms. The number of hydrogen-bond donors (Lipinski definition) is 2. The molecule has 2 N–H and O–H groups in total. The third-order valence-electron chi connectivity index (χ3n) is 4.26. The monoisotopic (exact) mass is 378 g/mol. The van der Waals surface area contributed by atoms with Crippen molar-refractivity contribution in [3.63, 3.8) is 0 Å². The molecule has 0 spiro atoms. The highest BCUT2D eigenvalue weighted by Crippen LogP contribution is 2.10. The van der Waals surface area contributed by atoms with Crippen molar-refractivity contribution in [2.24, 2.45) is 0 Å². The van der Waals surface area contributed by atoms with Crippen molar-refractivity contribution in [1.29, 1.82) is 0 Å². The summed E-state index contributed by atoms with van der Waals surface area (Å²) in [6, 6.07) is 16.3. The van der Waals surface area contributed by atoms with Gasteiger partial charge in [0.1, 0.15) is 11.5 Å². The van der Waals surface area contributed by atoms with E-state index in [9.17, 15) is 9.18 Å². The van der Waals surface area contributed by atoms with E-state index >= 15 is 0 Å². The lowest BCUT2D eigenvalue weighted by Gasteiger charge is -2.09. The summed E-state index contributed by atoms with van der Waals surface area (Å²) in [6.07, 6.45) is 0.418. The van der Waals surface area contributed by atoms with Crippen molar-refractivity contribution in [2.45, 2.75) is 26.8 Å². The van der Waals surface area contributed by atoms with E-state index in [-0.39, 0.29) is 17.4 Å². The number of rotatable bonds is 7. The number of aryl methyl sites for hydroxylation is 2. The minimum Gasteiger partial charge on any atom is -0.350 e. The highest BCUT2D eigenvalue weighted by molar-refractivity contribution is 5.92. The van der Waals surface area contributed by atoms with Gasteiger partial charge in [0, 0.05) is 18.8 Å². The Balaban J connectivity index is 1.60. The second kappa shape index (κ2) is 9.08. The molecular weight excluding hydrogens is 355 g/mol. The summed E-state index contributed by atoms with van der Waals surface area (Å²) in [4.78, 5) is 21.1. The molecule has 5 nitrogen and oxygen atoms in total. The summed E-state index contributed by atoms with van der Waals surface area (Å²) < 4.78 is 13.7. The van der Waals surface area contributed by atoms with Crippen LogP contribution in [0.5, 0.6) is 0 Å². The number of halogens is 1. The molecule has 0 aliphatic heterocycles. The van der Waals surface area contributed by atoms with E-state index in [0.29, 0.717) is 36.7 Å². The van der Waals surface area contributed by atoms with Gasteiger partial charge < -0.3 is 10.6 Å². The number of carbonyl (C=O) groups excluding carboxylic acids is 1. The van der Waals surface area contributed by atoms with Gasteiger partial charge >= 0.3 is 0 Å². The summed E-state index contributed by atoms with van der Waals surface area (Å²) in [5.74, 6) is -0.168. The van der Waals surface area contributed by atoms with E-state index in [2.05, 4.69) is 26.7 Å². The van der Waals surface area contributed by atoms with Crippen LogP contribution in [0.1, 0.15) is 32.9 Å². The van der Waals surface area contributed by atoms with E-state index < -0.39 is 0 Å². The standard InChI is InChI=1S/C22H23FN4O/c1-15-6-5-7-17(12-15)14-25-22-26-16(2)13-20(27-22)21(28)24-11-10-18-8-3-4-9-19(18)23/h3-9,12-13H,10-11,14H2,1-2H3,(H,24,28)(H,25,26,27). The Morgan fingerprint density at radius 3 is 2.64 bits per heavy atom.